The Balaban J connectivity index is 2.06. The molecule has 0 saturated heterocycles. The maximum atomic E-state index is 11.8. The third kappa shape index (κ3) is 3.30. The Morgan fingerprint density at radius 2 is 2.37 bits per heavy atom. The number of benzene rings is 1. The fourth-order valence-electron chi connectivity index (χ4n) is 1.80. The first kappa shape index (κ1) is 13.5. The second-order valence-electron chi connectivity index (χ2n) is 4.26. The summed E-state index contributed by atoms with van der Waals surface area (Å²) in [5.74, 6) is 0.456. The Labute approximate surface area is 110 Å². The molecular formula is C13H17N3O3. The fourth-order valence-corrected chi connectivity index (χ4v) is 1.80. The summed E-state index contributed by atoms with van der Waals surface area (Å²) in [6.45, 7) is 2.09. The van der Waals surface area contributed by atoms with Crippen LogP contribution in [0.2, 0.25) is 0 Å². The van der Waals surface area contributed by atoms with Crippen molar-refractivity contribution in [3.05, 3.63) is 24.1 Å². The minimum absolute atomic E-state index is 0.142. The highest BCUT2D eigenvalue weighted by Crippen LogP contribution is 2.19. The van der Waals surface area contributed by atoms with E-state index in [1.54, 1.807) is 25.1 Å². The summed E-state index contributed by atoms with van der Waals surface area (Å²) < 4.78 is 10.4. The Bertz CT molecular complexity index is 576. The van der Waals surface area contributed by atoms with E-state index in [1.165, 1.54) is 7.11 Å². The van der Waals surface area contributed by atoms with Crippen LogP contribution in [0.1, 0.15) is 12.3 Å². The molecule has 1 unspecified atom stereocenters. The number of nitrogens with zero attached hydrogens (tertiary/aromatic N) is 1. The molecule has 1 aromatic carbocycles. The van der Waals surface area contributed by atoms with Gasteiger partial charge in [0.25, 0.3) is 0 Å². The predicted octanol–water partition coefficient (Wildman–Crippen LogP) is 1.44. The van der Waals surface area contributed by atoms with Crippen LogP contribution in [0.25, 0.3) is 11.1 Å². The van der Waals surface area contributed by atoms with Crippen molar-refractivity contribution in [1.29, 1.82) is 0 Å². The molecule has 2 aromatic rings. The number of hydrogen-bond donors (Lipinski definition) is 2. The summed E-state index contributed by atoms with van der Waals surface area (Å²) in [5.41, 5.74) is 7.57. The average Bonchev–Trinajstić information content (AvgIpc) is 2.75. The first-order valence-corrected chi connectivity index (χ1v) is 6.02. The number of nitrogens with two attached hydrogens (primary N) is 1. The number of carbonyl (C=O) groups excluding carboxylic acids is 1. The molecule has 6 heteroatoms. The maximum Gasteiger partial charge on any atom is 0.227 e. The van der Waals surface area contributed by atoms with Gasteiger partial charge in [-0.3, -0.25) is 4.79 Å². The van der Waals surface area contributed by atoms with Crippen molar-refractivity contribution < 1.29 is 13.9 Å². The summed E-state index contributed by atoms with van der Waals surface area (Å²) >= 11 is 0. The van der Waals surface area contributed by atoms with Gasteiger partial charge in [-0.15, -0.1) is 0 Å². The number of hydrogen-bond acceptors (Lipinski definition) is 5. The Morgan fingerprint density at radius 1 is 1.58 bits per heavy atom. The summed E-state index contributed by atoms with van der Waals surface area (Å²) in [6.07, 6.45) is -0.0406. The molecule has 19 heavy (non-hydrogen) atoms. The number of nitrogens with one attached hydrogen (secondary N) is 1. The van der Waals surface area contributed by atoms with Crippen LogP contribution in [0.15, 0.2) is 22.6 Å². The molecule has 0 spiro atoms. The highest BCUT2D eigenvalue weighted by atomic mass is 16.5. The lowest BCUT2D eigenvalue weighted by Gasteiger charge is -2.12. The quantitative estimate of drug-likeness (QED) is 0.851. The lowest BCUT2D eigenvalue weighted by molar-refractivity contribution is -0.118. The molecule has 0 fully saturated rings. The van der Waals surface area contributed by atoms with Gasteiger partial charge < -0.3 is 20.2 Å². The van der Waals surface area contributed by atoms with E-state index in [1.807, 2.05) is 0 Å². The van der Waals surface area contributed by atoms with Gasteiger partial charge in [0.05, 0.1) is 12.5 Å². The first-order valence-electron chi connectivity index (χ1n) is 6.02. The number of carbonyl (C=O) groups is 1. The van der Waals surface area contributed by atoms with E-state index in [-0.39, 0.29) is 18.4 Å². The van der Waals surface area contributed by atoms with Crippen molar-refractivity contribution in [3.63, 3.8) is 0 Å². The van der Waals surface area contributed by atoms with Crippen LogP contribution in [-0.4, -0.2) is 30.6 Å². The lowest BCUT2D eigenvalue weighted by Crippen LogP contribution is -2.28. The molecule has 6 nitrogen and oxygen atoms in total. The minimum Gasteiger partial charge on any atom is -0.441 e. The molecule has 2 rings (SSSR count). The number of amides is 1. The molecule has 3 N–H and O–H groups in total. The summed E-state index contributed by atoms with van der Waals surface area (Å²) in [4.78, 5) is 16.0. The predicted molar refractivity (Wildman–Crippen MR) is 71.8 cm³/mol. The Kier molecular flexibility index (Phi) is 4.13. The van der Waals surface area contributed by atoms with Gasteiger partial charge in [-0.1, -0.05) is 0 Å². The molecule has 1 heterocycles. The largest absolute Gasteiger partial charge is 0.441 e. The lowest BCUT2D eigenvalue weighted by atomic mass is 10.2. The second-order valence-corrected chi connectivity index (χ2v) is 4.26. The maximum absolute atomic E-state index is 11.8. The topological polar surface area (TPSA) is 90.4 Å². The van der Waals surface area contributed by atoms with Crippen molar-refractivity contribution in [2.75, 3.05) is 19.0 Å². The monoisotopic (exact) mass is 263 g/mol. The fraction of sp³-hybridized carbons (Fsp3) is 0.385. The van der Waals surface area contributed by atoms with Gasteiger partial charge in [0.1, 0.15) is 5.52 Å². The van der Waals surface area contributed by atoms with Crippen molar-refractivity contribution in [1.82, 2.24) is 4.98 Å². The van der Waals surface area contributed by atoms with Crippen molar-refractivity contribution >= 4 is 22.7 Å². The van der Waals surface area contributed by atoms with Crippen molar-refractivity contribution in [2.24, 2.45) is 5.73 Å². The van der Waals surface area contributed by atoms with Crippen LogP contribution in [0.3, 0.4) is 0 Å². The molecule has 102 valence electrons. The van der Waals surface area contributed by atoms with Crippen LogP contribution < -0.4 is 11.1 Å². The highest BCUT2D eigenvalue weighted by Gasteiger charge is 2.12. The van der Waals surface area contributed by atoms with E-state index in [2.05, 4.69) is 10.3 Å². The van der Waals surface area contributed by atoms with Crippen molar-refractivity contribution in [2.45, 2.75) is 19.4 Å². The summed E-state index contributed by atoms with van der Waals surface area (Å²) in [7, 11) is 1.54. The number of oxazole rings is 1. The van der Waals surface area contributed by atoms with Gasteiger partial charge in [-0.2, -0.15) is 0 Å². The van der Waals surface area contributed by atoms with Gasteiger partial charge in [-0.05, 0) is 18.2 Å². The van der Waals surface area contributed by atoms with Gasteiger partial charge in [0.15, 0.2) is 11.5 Å². The second kappa shape index (κ2) is 5.81. The normalized spacial score (nSPS) is 12.6. The van der Waals surface area contributed by atoms with Crippen LogP contribution in [-0.2, 0) is 9.53 Å². The number of anilines is 1. The molecule has 0 saturated carbocycles. The summed E-state index contributed by atoms with van der Waals surface area (Å²) in [5, 5.41) is 2.79. The standard InChI is InChI=1S/C13H17N3O3/c1-8-15-11-5-9(3-4-12(11)19-8)16-13(17)6-10(7-14)18-2/h3-5,10H,6-7,14H2,1-2H3,(H,16,17). The third-order valence-electron chi connectivity index (χ3n) is 2.79. The molecule has 1 aromatic heterocycles. The number of aromatic nitrogens is 1. The molecule has 0 aliphatic carbocycles. The number of fused-ring (bicyclic) bond motifs is 1. The number of rotatable bonds is 5. The van der Waals surface area contributed by atoms with E-state index < -0.39 is 0 Å². The molecule has 0 radical (unpaired) electrons. The van der Waals surface area contributed by atoms with Crippen LogP contribution in [0.5, 0.6) is 0 Å². The zero-order valence-electron chi connectivity index (χ0n) is 11.0. The molecule has 0 bridgehead atoms. The van der Waals surface area contributed by atoms with E-state index in [9.17, 15) is 4.79 Å². The Hall–Kier alpha value is -1.92. The molecule has 1 amide bonds. The molecular weight excluding hydrogens is 246 g/mol. The number of ether oxygens (including phenoxy) is 1. The van der Waals surface area contributed by atoms with Crippen molar-refractivity contribution in [3.8, 4) is 0 Å². The first-order chi connectivity index (χ1) is 9.12. The number of aryl methyl sites for hydroxylation is 1. The zero-order chi connectivity index (χ0) is 13.8. The van der Waals surface area contributed by atoms with Gasteiger partial charge in [0.2, 0.25) is 5.91 Å². The van der Waals surface area contributed by atoms with Crippen LogP contribution >= 0.6 is 0 Å². The third-order valence-corrected chi connectivity index (χ3v) is 2.79. The molecule has 0 aliphatic rings. The van der Waals surface area contributed by atoms with Gasteiger partial charge in [-0.25, -0.2) is 4.98 Å². The average molecular weight is 263 g/mol. The van der Waals surface area contributed by atoms with E-state index >= 15 is 0 Å². The van der Waals surface area contributed by atoms with E-state index in [4.69, 9.17) is 14.9 Å². The van der Waals surface area contributed by atoms with Crippen LogP contribution in [0, 0.1) is 6.92 Å². The Morgan fingerprint density at radius 3 is 3.05 bits per heavy atom. The zero-order valence-corrected chi connectivity index (χ0v) is 11.0. The van der Waals surface area contributed by atoms with E-state index in [0.717, 1.165) is 5.52 Å². The highest BCUT2D eigenvalue weighted by molar-refractivity contribution is 5.93. The van der Waals surface area contributed by atoms with Crippen LogP contribution in [0.4, 0.5) is 5.69 Å². The SMILES string of the molecule is COC(CN)CC(=O)Nc1ccc2oc(C)nc2c1. The molecule has 1 atom stereocenters. The van der Waals surface area contributed by atoms with Gasteiger partial charge in [0, 0.05) is 26.3 Å². The smallest absolute Gasteiger partial charge is 0.227 e. The minimum atomic E-state index is -0.266. The molecule has 0 aliphatic heterocycles. The van der Waals surface area contributed by atoms with E-state index in [0.29, 0.717) is 23.7 Å². The van der Waals surface area contributed by atoms with Gasteiger partial charge >= 0.3 is 0 Å². The number of methoxy groups -OCH3 is 1. The summed E-state index contributed by atoms with van der Waals surface area (Å²) in [6, 6.07) is 5.32.